The fourth-order valence-electron chi connectivity index (χ4n) is 3.67. The van der Waals surface area contributed by atoms with E-state index in [2.05, 4.69) is 49.2 Å². The summed E-state index contributed by atoms with van der Waals surface area (Å²) in [7, 11) is 0. The summed E-state index contributed by atoms with van der Waals surface area (Å²) in [5.41, 5.74) is 5.37. The predicted octanol–water partition coefficient (Wildman–Crippen LogP) is 5.56. The summed E-state index contributed by atoms with van der Waals surface area (Å²) in [6.45, 7) is 4.14. The topological polar surface area (TPSA) is 66.0 Å². The Labute approximate surface area is 170 Å². The predicted molar refractivity (Wildman–Crippen MR) is 115 cm³/mol. The van der Waals surface area contributed by atoms with Crippen LogP contribution >= 0.6 is 12.4 Å². The molecule has 4 nitrogen and oxygen atoms in total. The summed E-state index contributed by atoms with van der Waals surface area (Å²) >= 11 is 0. The zero-order chi connectivity index (χ0) is 19.0. The molecule has 0 fully saturated rings. The molecule has 0 saturated heterocycles. The first kappa shape index (κ1) is 19.9. The van der Waals surface area contributed by atoms with Crippen LogP contribution in [0, 0.1) is 13.8 Å². The Kier molecular flexibility index (Phi) is 5.71. The highest BCUT2D eigenvalue weighted by atomic mass is 35.5. The van der Waals surface area contributed by atoms with Gasteiger partial charge in [-0.3, -0.25) is 4.79 Å². The maximum atomic E-state index is 11.5. The van der Waals surface area contributed by atoms with Gasteiger partial charge in [-0.05, 0) is 47.4 Å². The maximum Gasteiger partial charge on any atom is 0.303 e. The zero-order valence-electron chi connectivity index (χ0n) is 15.9. The Hall–Kier alpha value is -2.85. The van der Waals surface area contributed by atoms with Gasteiger partial charge in [0, 0.05) is 12.3 Å². The Morgan fingerprint density at radius 3 is 2.57 bits per heavy atom. The highest BCUT2D eigenvalue weighted by Gasteiger charge is 2.19. The zero-order valence-corrected chi connectivity index (χ0v) is 16.7. The van der Waals surface area contributed by atoms with Gasteiger partial charge >= 0.3 is 5.97 Å². The molecule has 0 radical (unpaired) electrons. The van der Waals surface area contributed by atoms with Crippen molar-refractivity contribution in [2.24, 2.45) is 0 Å². The molecule has 0 saturated carbocycles. The minimum atomic E-state index is -0.795. The lowest BCUT2D eigenvalue weighted by Gasteiger charge is -2.15. The van der Waals surface area contributed by atoms with Crippen molar-refractivity contribution in [3.05, 3.63) is 77.1 Å². The first-order valence-corrected chi connectivity index (χ1v) is 9.16. The van der Waals surface area contributed by atoms with Crippen molar-refractivity contribution < 1.29 is 9.90 Å². The van der Waals surface area contributed by atoms with Gasteiger partial charge in [0.15, 0.2) is 0 Å². The lowest BCUT2D eigenvalue weighted by atomic mass is 9.90. The van der Waals surface area contributed by atoms with Gasteiger partial charge in [0.25, 0.3) is 0 Å². The van der Waals surface area contributed by atoms with Gasteiger partial charge < -0.3 is 10.1 Å². The smallest absolute Gasteiger partial charge is 0.303 e. The number of hydrogen-bond donors (Lipinski definition) is 2. The standard InChI is InChI=1S/C23H22N2O2.ClH/c1-14-7-10-20-23(15(14)2)25-21(24-20)12-19(13-22(26)27)18-9-8-16-5-3-4-6-17(16)11-18;/h3-11,19H,12-13H2,1-2H3,(H,24,25)(H,26,27);1H. The van der Waals surface area contributed by atoms with Crippen LogP contribution in [0.3, 0.4) is 0 Å². The van der Waals surface area contributed by atoms with Crippen molar-refractivity contribution in [1.82, 2.24) is 9.97 Å². The van der Waals surface area contributed by atoms with E-state index in [0.29, 0.717) is 6.42 Å². The first-order valence-electron chi connectivity index (χ1n) is 9.16. The Morgan fingerprint density at radius 2 is 1.82 bits per heavy atom. The molecule has 1 heterocycles. The number of carbonyl (C=O) groups is 1. The molecule has 144 valence electrons. The Morgan fingerprint density at radius 1 is 1.07 bits per heavy atom. The molecule has 0 spiro atoms. The van der Waals surface area contributed by atoms with E-state index in [9.17, 15) is 9.90 Å². The van der Waals surface area contributed by atoms with Crippen LogP contribution in [0.5, 0.6) is 0 Å². The van der Waals surface area contributed by atoms with Gasteiger partial charge in [-0.25, -0.2) is 4.98 Å². The number of H-pyrrole nitrogens is 1. The molecule has 0 aliphatic rings. The largest absolute Gasteiger partial charge is 0.481 e. The van der Waals surface area contributed by atoms with Crippen LogP contribution in [0.15, 0.2) is 54.6 Å². The second-order valence-electron chi connectivity index (χ2n) is 7.19. The molecule has 28 heavy (non-hydrogen) atoms. The molecule has 0 amide bonds. The summed E-state index contributed by atoms with van der Waals surface area (Å²) < 4.78 is 0. The summed E-state index contributed by atoms with van der Waals surface area (Å²) in [4.78, 5) is 19.6. The molecule has 1 aromatic heterocycles. The molecule has 4 rings (SSSR count). The molecule has 0 bridgehead atoms. The summed E-state index contributed by atoms with van der Waals surface area (Å²) in [6, 6.07) is 18.5. The number of aliphatic carboxylic acids is 1. The van der Waals surface area contributed by atoms with Crippen molar-refractivity contribution in [1.29, 1.82) is 0 Å². The number of rotatable bonds is 5. The number of carboxylic acid groups (broad SMARTS) is 1. The number of benzene rings is 3. The summed E-state index contributed by atoms with van der Waals surface area (Å²) in [6.07, 6.45) is 0.644. The second kappa shape index (κ2) is 8.03. The van der Waals surface area contributed by atoms with E-state index in [1.165, 1.54) is 5.56 Å². The molecule has 2 N–H and O–H groups in total. The summed E-state index contributed by atoms with van der Waals surface area (Å²) in [5, 5.41) is 11.7. The van der Waals surface area contributed by atoms with Crippen LogP contribution in [-0.4, -0.2) is 21.0 Å². The van der Waals surface area contributed by atoms with E-state index in [0.717, 1.165) is 38.8 Å². The van der Waals surface area contributed by atoms with Gasteiger partial charge in [-0.1, -0.05) is 48.5 Å². The number of carboxylic acids is 1. The van der Waals surface area contributed by atoms with Crippen molar-refractivity contribution in [3.8, 4) is 0 Å². The third-order valence-electron chi connectivity index (χ3n) is 5.33. The first-order chi connectivity index (χ1) is 13.0. The average Bonchev–Trinajstić information content (AvgIpc) is 3.07. The SMILES string of the molecule is Cc1ccc2[nH]c(CC(CC(=O)O)c3ccc4ccccc4c3)nc2c1C.Cl. The lowest BCUT2D eigenvalue weighted by Crippen LogP contribution is -2.10. The molecule has 3 aromatic carbocycles. The third-order valence-corrected chi connectivity index (χ3v) is 5.33. The third kappa shape index (κ3) is 3.87. The maximum absolute atomic E-state index is 11.5. The van der Waals surface area contributed by atoms with Gasteiger partial charge in [-0.15, -0.1) is 12.4 Å². The molecule has 4 aromatic rings. The fraction of sp³-hybridized carbons (Fsp3) is 0.217. The van der Waals surface area contributed by atoms with Gasteiger partial charge in [0.1, 0.15) is 5.82 Å². The number of fused-ring (bicyclic) bond motifs is 2. The van der Waals surface area contributed by atoms with Gasteiger partial charge in [0.05, 0.1) is 17.5 Å². The van der Waals surface area contributed by atoms with Crippen LogP contribution in [0.4, 0.5) is 0 Å². The van der Waals surface area contributed by atoms with E-state index >= 15 is 0 Å². The molecule has 0 aliphatic carbocycles. The van der Waals surface area contributed by atoms with Crippen molar-refractivity contribution in [2.45, 2.75) is 32.6 Å². The molecule has 0 aliphatic heterocycles. The van der Waals surface area contributed by atoms with E-state index in [-0.39, 0.29) is 24.7 Å². The van der Waals surface area contributed by atoms with Crippen molar-refractivity contribution in [3.63, 3.8) is 0 Å². The van der Waals surface area contributed by atoms with Gasteiger partial charge in [0.2, 0.25) is 0 Å². The van der Waals surface area contributed by atoms with E-state index in [4.69, 9.17) is 4.98 Å². The average molecular weight is 395 g/mol. The number of hydrogen-bond acceptors (Lipinski definition) is 2. The monoisotopic (exact) mass is 394 g/mol. The number of imidazole rings is 1. The molecule has 1 atom stereocenters. The minimum absolute atomic E-state index is 0. The van der Waals surface area contributed by atoms with E-state index in [1.54, 1.807) is 0 Å². The molecule has 5 heteroatoms. The van der Waals surface area contributed by atoms with Crippen LogP contribution in [0.1, 0.15) is 34.9 Å². The number of aromatic amines is 1. The Bertz CT molecular complexity index is 1150. The fourth-order valence-corrected chi connectivity index (χ4v) is 3.67. The Balaban J connectivity index is 0.00000225. The minimum Gasteiger partial charge on any atom is -0.481 e. The molecule has 1 unspecified atom stereocenters. The van der Waals surface area contributed by atoms with Crippen LogP contribution < -0.4 is 0 Å². The van der Waals surface area contributed by atoms with Gasteiger partial charge in [-0.2, -0.15) is 0 Å². The van der Waals surface area contributed by atoms with E-state index in [1.807, 2.05) is 24.3 Å². The van der Waals surface area contributed by atoms with E-state index < -0.39 is 5.97 Å². The number of aromatic nitrogens is 2. The van der Waals surface area contributed by atoms with Crippen LogP contribution in [0.2, 0.25) is 0 Å². The van der Waals surface area contributed by atoms with Crippen LogP contribution in [0.25, 0.3) is 21.8 Å². The summed E-state index contributed by atoms with van der Waals surface area (Å²) in [5.74, 6) is -0.0940. The van der Waals surface area contributed by atoms with Crippen LogP contribution in [-0.2, 0) is 11.2 Å². The second-order valence-corrected chi connectivity index (χ2v) is 7.19. The quantitative estimate of drug-likeness (QED) is 0.466. The lowest BCUT2D eigenvalue weighted by molar-refractivity contribution is -0.137. The normalized spacial score (nSPS) is 12.1. The number of aryl methyl sites for hydroxylation is 2. The molecular formula is C23H23ClN2O2. The highest BCUT2D eigenvalue weighted by molar-refractivity contribution is 5.85. The van der Waals surface area contributed by atoms with Crippen molar-refractivity contribution >= 4 is 40.2 Å². The van der Waals surface area contributed by atoms with Crippen molar-refractivity contribution in [2.75, 3.05) is 0 Å². The number of nitrogens with zero attached hydrogens (tertiary/aromatic N) is 1. The number of nitrogens with one attached hydrogen (secondary N) is 1. The molecular weight excluding hydrogens is 372 g/mol. The number of halogens is 1. The highest BCUT2D eigenvalue weighted by Crippen LogP contribution is 2.28.